The molecule has 0 aromatic carbocycles. The van der Waals surface area contributed by atoms with Gasteiger partial charge in [0.25, 0.3) is 0 Å². The van der Waals surface area contributed by atoms with Gasteiger partial charge in [0.1, 0.15) is 6.23 Å². The summed E-state index contributed by atoms with van der Waals surface area (Å²) in [6.07, 6.45) is 15.6. The number of hydrogen-bond donors (Lipinski definition) is 1. The molecule has 3 rings (SSSR count). The van der Waals surface area contributed by atoms with Gasteiger partial charge in [-0.15, -0.1) is 0 Å². The van der Waals surface area contributed by atoms with Crippen molar-refractivity contribution in [3.63, 3.8) is 0 Å². The van der Waals surface area contributed by atoms with E-state index in [0.717, 1.165) is 36.8 Å². The van der Waals surface area contributed by atoms with Crippen LogP contribution in [0.1, 0.15) is 51.9 Å². The third-order valence-electron chi connectivity index (χ3n) is 5.22. The van der Waals surface area contributed by atoms with E-state index in [-0.39, 0.29) is 5.92 Å². The average molecular weight is 284 g/mol. The summed E-state index contributed by atoms with van der Waals surface area (Å²) in [7, 11) is 0. The third-order valence-corrected chi connectivity index (χ3v) is 5.22. The van der Waals surface area contributed by atoms with Gasteiger partial charge < -0.3 is 10.0 Å². The molecule has 3 heteroatoms. The second-order valence-electron chi connectivity index (χ2n) is 6.57. The van der Waals surface area contributed by atoms with Crippen molar-refractivity contribution in [1.29, 1.82) is 5.26 Å². The topological polar surface area (TPSA) is 47.3 Å². The van der Waals surface area contributed by atoms with E-state index in [2.05, 4.69) is 24.3 Å². The summed E-state index contributed by atoms with van der Waals surface area (Å²) in [5, 5.41) is 20.6. The van der Waals surface area contributed by atoms with Crippen molar-refractivity contribution in [1.82, 2.24) is 4.90 Å². The quantitative estimate of drug-likeness (QED) is 0.842. The summed E-state index contributed by atoms with van der Waals surface area (Å²) in [5.74, 6) is 0.283. The van der Waals surface area contributed by atoms with E-state index in [1.54, 1.807) is 0 Å². The Balaban J connectivity index is 1.92. The standard InChI is InChI=1S/C18H24N2O/c1-18(13-19)16-10-6-5-7-14(16)11-12-20(18)17(21)15-8-3-2-4-9-15/h7,10-12,15,17,21H,2-6,8-9H2,1H3. The molecule has 0 aromatic rings. The third kappa shape index (κ3) is 2.42. The molecule has 1 aliphatic heterocycles. The predicted molar refractivity (Wildman–Crippen MR) is 83.0 cm³/mol. The van der Waals surface area contributed by atoms with E-state index >= 15 is 0 Å². The molecule has 1 saturated carbocycles. The second kappa shape index (κ2) is 5.69. The van der Waals surface area contributed by atoms with Crippen molar-refractivity contribution >= 4 is 0 Å². The Kier molecular flexibility index (Phi) is 3.91. The van der Waals surface area contributed by atoms with Crippen LogP contribution in [0, 0.1) is 17.2 Å². The summed E-state index contributed by atoms with van der Waals surface area (Å²) in [6.45, 7) is 1.94. The van der Waals surface area contributed by atoms with Gasteiger partial charge in [-0.3, -0.25) is 0 Å². The van der Waals surface area contributed by atoms with Crippen LogP contribution in [0.5, 0.6) is 0 Å². The molecule has 1 fully saturated rings. The molecular formula is C18H24N2O. The zero-order valence-electron chi connectivity index (χ0n) is 12.8. The lowest BCUT2D eigenvalue weighted by Gasteiger charge is -2.46. The highest BCUT2D eigenvalue weighted by molar-refractivity contribution is 5.54. The highest BCUT2D eigenvalue weighted by atomic mass is 16.3. The number of fused-ring (bicyclic) bond motifs is 1. The van der Waals surface area contributed by atoms with E-state index in [1.807, 2.05) is 18.0 Å². The number of aliphatic hydroxyl groups excluding tert-OH is 1. The van der Waals surface area contributed by atoms with Gasteiger partial charge in [0, 0.05) is 12.1 Å². The van der Waals surface area contributed by atoms with E-state index in [0.29, 0.717) is 0 Å². The van der Waals surface area contributed by atoms with Gasteiger partial charge in [-0.1, -0.05) is 31.4 Å². The molecule has 3 nitrogen and oxygen atoms in total. The molecule has 21 heavy (non-hydrogen) atoms. The van der Waals surface area contributed by atoms with Crippen molar-refractivity contribution in [2.24, 2.45) is 5.92 Å². The van der Waals surface area contributed by atoms with Crippen LogP contribution in [-0.2, 0) is 0 Å². The van der Waals surface area contributed by atoms with Crippen LogP contribution in [0.25, 0.3) is 0 Å². The first kappa shape index (κ1) is 14.4. The minimum absolute atomic E-state index is 0.283. The molecule has 1 heterocycles. The molecule has 0 spiro atoms. The summed E-state index contributed by atoms with van der Waals surface area (Å²) in [4.78, 5) is 1.89. The van der Waals surface area contributed by atoms with Crippen LogP contribution in [0.3, 0.4) is 0 Å². The van der Waals surface area contributed by atoms with E-state index < -0.39 is 11.8 Å². The zero-order chi connectivity index (χ0) is 14.9. The van der Waals surface area contributed by atoms with Gasteiger partial charge in [0.15, 0.2) is 5.54 Å². The van der Waals surface area contributed by atoms with Crippen LogP contribution in [-0.4, -0.2) is 21.8 Å². The van der Waals surface area contributed by atoms with Crippen LogP contribution in [0.2, 0.25) is 0 Å². The maximum atomic E-state index is 10.8. The molecule has 0 bridgehead atoms. The van der Waals surface area contributed by atoms with Gasteiger partial charge >= 0.3 is 0 Å². The highest BCUT2D eigenvalue weighted by Crippen LogP contribution is 2.41. The van der Waals surface area contributed by atoms with Gasteiger partial charge in [0.05, 0.1) is 6.07 Å². The van der Waals surface area contributed by atoms with Gasteiger partial charge in [-0.05, 0) is 49.8 Å². The Morgan fingerprint density at radius 1 is 1.29 bits per heavy atom. The van der Waals surface area contributed by atoms with Crippen molar-refractivity contribution < 1.29 is 5.11 Å². The van der Waals surface area contributed by atoms with Crippen molar-refractivity contribution in [3.8, 4) is 6.07 Å². The van der Waals surface area contributed by atoms with Gasteiger partial charge in [0.2, 0.25) is 0 Å². The minimum Gasteiger partial charge on any atom is -0.373 e. The van der Waals surface area contributed by atoms with Crippen molar-refractivity contribution in [2.75, 3.05) is 0 Å². The van der Waals surface area contributed by atoms with Crippen LogP contribution in [0.4, 0.5) is 0 Å². The Morgan fingerprint density at radius 3 is 2.71 bits per heavy atom. The second-order valence-corrected chi connectivity index (χ2v) is 6.57. The normalized spacial score (nSPS) is 31.0. The van der Waals surface area contributed by atoms with E-state index in [1.165, 1.54) is 19.3 Å². The summed E-state index contributed by atoms with van der Waals surface area (Å²) in [5.41, 5.74) is 1.46. The Bertz CT molecular complexity index is 534. The fourth-order valence-corrected chi connectivity index (χ4v) is 3.91. The number of nitriles is 1. The Labute approximate surface area is 127 Å². The number of rotatable bonds is 2. The largest absolute Gasteiger partial charge is 0.373 e. The van der Waals surface area contributed by atoms with Crippen molar-refractivity contribution in [2.45, 2.75) is 63.6 Å². The van der Waals surface area contributed by atoms with E-state index in [4.69, 9.17) is 0 Å². The number of aliphatic hydroxyl groups is 1. The summed E-state index contributed by atoms with van der Waals surface area (Å²) >= 11 is 0. The van der Waals surface area contributed by atoms with Gasteiger partial charge in [-0.25, -0.2) is 0 Å². The Morgan fingerprint density at radius 2 is 2.00 bits per heavy atom. The lowest BCUT2D eigenvalue weighted by atomic mass is 9.78. The van der Waals surface area contributed by atoms with Gasteiger partial charge in [-0.2, -0.15) is 5.26 Å². The van der Waals surface area contributed by atoms with Crippen LogP contribution in [0.15, 0.2) is 35.6 Å². The fourth-order valence-electron chi connectivity index (χ4n) is 3.91. The maximum Gasteiger partial charge on any atom is 0.152 e. The monoisotopic (exact) mass is 284 g/mol. The molecule has 2 aliphatic carbocycles. The molecule has 0 radical (unpaired) electrons. The molecule has 3 aliphatic rings. The first-order chi connectivity index (χ1) is 10.2. The molecule has 0 aromatic heterocycles. The molecule has 0 amide bonds. The highest BCUT2D eigenvalue weighted by Gasteiger charge is 2.43. The Hall–Kier alpha value is -1.53. The molecule has 0 saturated heterocycles. The number of hydrogen-bond acceptors (Lipinski definition) is 3. The number of allylic oxidation sites excluding steroid dienone is 3. The first-order valence-corrected chi connectivity index (χ1v) is 8.14. The lowest BCUT2D eigenvalue weighted by Crippen LogP contribution is -2.53. The lowest BCUT2D eigenvalue weighted by molar-refractivity contribution is -0.0508. The molecular weight excluding hydrogens is 260 g/mol. The smallest absolute Gasteiger partial charge is 0.152 e. The average Bonchev–Trinajstić information content (AvgIpc) is 2.55. The fraction of sp³-hybridized carbons (Fsp3) is 0.611. The van der Waals surface area contributed by atoms with Crippen molar-refractivity contribution in [3.05, 3.63) is 35.6 Å². The van der Waals surface area contributed by atoms with E-state index in [9.17, 15) is 10.4 Å². The predicted octanol–water partition coefficient (Wildman–Crippen LogP) is 3.64. The number of nitrogens with zero attached hydrogens (tertiary/aromatic N) is 2. The first-order valence-electron chi connectivity index (χ1n) is 8.14. The molecule has 1 N–H and O–H groups in total. The van der Waals surface area contributed by atoms with Crippen LogP contribution >= 0.6 is 0 Å². The molecule has 112 valence electrons. The summed E-state index contributed by atoms with van der Waals surface area (Å²) < 4.78 is 0. The SMILES string of the molecule is CC1(C#N)C2=CCCC=C2C=CN1C(O)C1CCCCC1. The summed E-state index contributed by atoms with van der Waals surface area (Å²) in [6, 6.07) is 2.46. The minimum atomic E-state index is -0.752. The zero-order valence-corrected chi connectivity index (χ0v) is 12.8. The van der Waals surface area contributed by atoms with Crippen LogP contribution < -0.4 is 0 Å². The molecule has 2 unspecified atom stereocenters. The molecule has 2 atom stereocenters. The maximum absolute atomic E-state index is 10.8.